The Bertz CT molecular complexity index is 598. The predicted molar refractivity (Wildman–Crippen MR) is 83.4 cm³/mol. The largest absolute Gasteiger partial charge is 0.334 e. The van der Waals surface area contributed by atoms with E-state index in [4.69, 9.17) is 0 Å². The van der Waals surface area contributed by atoms with Gasteiger partial charge in [0, 0.05) is 50.7 Å². The smallest absolute Gasteiger partial charge is 0.108 e. The van der Waals surface area contributed by atoms with Crippen LogP contribution in [0.4, 0.5) is 0 Å². The summed E-state index contributed by atoms with van der Waals surface area (Å²) in [5, 5.41) is 4.64. The van der Waals surface area contributed by atoms with Gasteiger partial charge in [-0.2, -0.15) is 5.10 Å². The Morgan fingerprint density at radius 3 is 2.86 bits per heavy atom. The molecule has 0 N–H and O–H groups in total. The number of aryl methyl sites for hydroxylation is 3. The lowest BCUT2D eigenvalue weighted by Gasteiger charge is -2.18. The van der Waals surface area contributed by atoms with Gasteiger partial charge in [0.05, 0.1) is 11.7 Å². The van der Waals surface area contributed by atoms with E-state index < -0.39 is 0 Å². The van der Waals surface area contributed by atoms with Crippen LogP contribution in [0.25, 0.3) is 0 Å². The van der Waals surface area contributed by atoms with Gasteiger partial charge in [0.1, 0.15) is 5.82 Å². The molecule has 2 aromatic heterocycles. The van der Waals surface area contributed by atoms with Crippen molar-refractivity contribution >= 4 is 0 Å². The van der Waals surface area contributed by atoms with Gasteiger partial charge < -0.3 is 4.57 Å². The second-order valence-electron chi connectivity index (χ2n) is 6.01. The van der Waals surface area contributed by atoms with Crippen LogP contribution in [0.2, 0.25) is 0 Å². The van der Waals surface area contributed by atoms with Crippen molar-refractivity contribution < 1.29 is 0 Å². The zero-order valence-electron chi connectivity index (χ0n) is 13.3. The van der Waals surface area contributed by atoms with Crippen molar-refractivity contribution in [2.75, 3.05) is 19.6 Å². The molecule has 3 heterocycles. The SMILES string of the molecule is CCc1nccn1CCN1CC[C@H](n2nc(C)cc2C)C1. The Hall–Kier alpha value is -1.62. The van der Waals surface area contributed by atoms with Crippen LogP contribution >= 0.6 is 0 Å². The summed E-state index contributed by atoms with van der Waals surface area (Å²) in [6.45, 7) is 10.8. The Morgan fingerprint density at radius 2 is 2.14 bits per heavy atom. The highest BCUT2D eigenvalue weighted by molar-refractivity contribution is 5.08. The Balaban J connectivity index is 1.56. The van der Waals surface area contributed by atoms with E-state index in [-0.39, 0.29) is 0 Å². The molecule has 2 aromatic rings. The van der Waals surface area contributed by atoms with E-state index in [9.17, 15) is 0 Å². The summed E-state index contributed by atoms with van der Waals surface area (Å²) in [7, 11) is 0. The normalized spacial score (nSPS) is 19.5. The fourth-order valence-electron chi connectivity index (χ4n) is 3.34. The summed E-state index contributed by atoms with van der Waals surface area (Å²) in [6.07, 6.45) is 6.20. The van der Waals surface area contributed by atoms with Gasteiger partial charge in [0.25, 0.3) is 0 Å². The minimum atomic E-state index is 0.534. The lowest BCUT2D eigenvalue weighted by Crippen LogP contribution is -2.26. The van der Waals surface area contributed by atoms with E-state index in [2.05, 4.69) is 57.3 Å². The number of hydrogen-bond acceptors (Lipinski definition) is 3. The average Bonchev–Trinajstić information content (AvgIpc) is 3.16. The summed E-state index contributed by atoms with van der Waals surface area (Å²) in [5.74, 6) is 1.18. The molecule has 1 aliphatic rings. The van der Waals surface area contributed by atoms with E-state index in [1.54, 1.807) is 0 Å². The molecule has 0 amide bonds. The first-order valence-electron chi connectivity index (χ1n) is 7.92. The summed E-state index contributed by atoms with van der Waals surface area (Å²) >= 11 is 0. The van der Waals surface area contributed by atoms with Crippen LogP contribution in [-0.2, 0) is 13.0 Å². The minimum absolute atomic E-state index is 0.534. The lowest BCUT2D eigenvalue weighted by molar-refractivity contribution is 0.303. The standard InChI is InChI=1S/C16H25N5/c1-4-16-17-6-8-20(16)10-9-19-7-5-15(12-19)21-14(3)11-13(2)18-21/h6,8,11,15H,4-5,7,9-10,12H2,1-3H3/t15-/m0/s1. The fourth-order valence-corrected chi connectivity index (χ4v) is 3.34. The van der Waals surface area contributed by atoms with Crippen molar-refractivity contribution in [2.24, 2.45) is 0 Å². The van der Waals surface area contributed by atoms with E-state index in [0.717, 1.165) is 31.7 Å². The van der Waals surface area contributed by atoms with Gasteiger partial charge in [-0.3, -0.25) is 9.58 Å². The molecule has 0 aliphatic carbocycles. The highest BCUT2D eigenvalue weighted by Crippen LogP contribution is 2.22. The summed E-state index contributed by atoms with van der Waals surface area (Å²) in [6, 6.07) is 2.70. The number of aromatic nitrogens is 4. The summed E-state index contributed by atoms with van der Waals surface area (Å²) < 4.78 is 4.49. The van der Waals surface area contributed by atoms with Gasteiger partial charge >= 0.3 is 0 Å². The monoisotopic (exact) mass is 287 g/mol. The second-order valence-corrected chi connectivity index (χ2v) is 6.01. The van der Waals surface area contributed by atoms with Crippen molar-refractivity contribution in [3.05, 3.63) is 35.7 Å². The Kier molecular flexibility index (Phi) is 4.10. The zero-order valence-corrected chi connectivity index (χ0v) is 13.3. The zero-order chi connectivity index (χ0) is 14.8. The molecule has 5 heteroatoms. The molecule has 0 aromatic carbocycles. The summed E-state index contributed by atoms with van der Waals surface area (Å²) in [5.41, 5.74) is 2.40. The predicted octanol–water partition coefficient (Wildman–Crippen LogP) is 2.21. The maximum atomic E-state index is 4.64. The van der Waals surface area contributed by atoms with Gasteiger partial charge in [-0.05, 0) is 26.3 Å². The molecule has 0 spiro atoms. The number of nitrogens with zero attached hydrogens (tertiary/aromatic N) is 5. The Morgan fingerprint density at radius 1 is 1.29 bits per heavy atom. The molecule has 114 valence electrons. The van der Waals surface area contributed by atoms with Crippen LogP contribution in [0.5, 0.6) is 0 Å². The van der Waals surface area contributed by atoms with Crippen molar-refractivity contribution in [2.45, 2.75) is 46.2 Å². The van der Waals surface area contributed by atoms with E-state index in [0.29, 0.717) is 6.04 Å². The van der Waals surface area contributed by atoms with Crippen molar-refractivity contribution in [3.8, 4) is 0 Å². The van der Waals surface area contributed by atoms with Crippen LogP contribution < -0.4 is 0 Å². The molecular formula is C16H25N5. The molecule has 1 fully saturated rings. The number of hydrogen-bond donors (Lipinski definition) is 0. The fraction of sp³-hybridized carbons (Fsp3) is 0.625. The van der Waals surface area contributed by atoms with Gasteiger partial charge in [0.2, 0.25) is 0 Å². The maximum absolute atomic E-state index is 4.64. The third-order valence-corrected chi connectivity index (χ3v) is 4.41. The van der Waals surface area contributed by atoms with E-state index in [1.807, 2.05) is 6.20 Å². The highest BCUT2D eigenvalue weighted by atomic mass is 15.3. The van der Waals surface area contributed by atoms with E-state index in [1.165, 1.54) is 24.5 Å². The number of imidazole rings is 1. The molecule has 1 saturated heterocycles. The van der Waals surface area contributed by atoms with Crippen molar-refractivity contribution in [1.29, 1.82) is 0 Å². The molecule has 0 unspecified atom stereocenters. The molecule has 0 saturated carbocycles. The van der Waals surface area contributed by atoms with E-state index >= 15 is 0 Å². The topological polar surface area (TPSA) is 38.9 Å². The molecule has 21 heavy (non-hydrogen) atoms. The molecule has 5 nitrogen and oxygen atoms in total. The molecule has 1 aliphatic heterocycles. The van der Waals surface area contributed by atoms with Crippen LogP contribution in [0.1, 0.15) is 36.6 Å². The molecule has 0 radical (unpaired) electrons. The number of rotatable bonds is 5. The first kappa shape index (κ1) is 14.3. The molecule has 0 bridgehead atoms. The Labute approximate surface area is 126 Å². The first-order chi connectivity index (χ1) is 10.2. The quantitative estimate of drug-likeness (QED) is 0.846. The lowest BCUT2D eigenvalue weighted by atomic mass is 10.2. The van der Waals surface area contributed by atoms with Gasteiger partial charge in [-0.1, -0.05) is 6.92 Å². The molecule has 1 atom stereocenters. The van der Waals surface area contributed by atoms with Crippen molar-refractivity contribution in [1.82, 2.24) is 24.2 Å². The first-order valence-corrected chi connectivity index (χ1v) is 7.92. The van der Waals surface area contributed by atoms with Gasteiger partial charge in [-0.25, -0.2) is 4.98 Å². The van der Waals surface area contributed by atoms with Gasteiger partial charge in [0.15, 0.2) is 0 Å². The van der Waals surface area contributed by atoms with Crippen LogP contribution in [0.15, 0.2) is 18.5 Å². The van der Waals surface area contributed by atoms with Gasteiger partial charge in [-0.15, -0.1) is 0 Å². The van der Waals surface area contributed by atoms with Crippen LogP contribution in [-0.4, -0.2) is 43.9 Å². The second kappa shape index (κ2) is 6.02. The highest BCUT2D eigenvalue weighted by Gasteiger charge is 2.25. The van der Waals surface area contributed by atoms with Crippen molar-refractivity contribution in [3.63, 3.8) is 0 Å². The van der Waals surface area contributed by atoms with Crippen LogP contribution in [0, 0.1) is 13.8 Å². The maximum Gasteiger partial charge on any atom is 0.108 e. The minimum Gasteiger partial charge on any atom is -0.334 e. The summed E-state index contributed by atoms with van der Waals surface area (Å²) in [4.78, 5) is 6.93. The third-order valence-electron chi connectivity index (χ3n) is 4.41. The third kappa shape index (κ3) is 3.02. The van der Waals surface area contributed by atoms with Crippen LogP contribution in [0.3, 0.4) is 0 Å². The average molecular weight is 287 g/mol. The molecular weight excluding hydrogens is 262 g/mol. The molecule has 3 rings (SSSR count). The number of likely N-dealkylation sites (tertiary alicyclic amines) is 1.